The molecule has 25 heavy (non-hydrogen) atoms. The standard InChI is InChI=1S/C16H27FN4O2S.HI/c1-5-24(22,23)21(4)10-6-9-19-16(18-3)20-12-14-7-8-15(17)13(2)11-14;/h7-8,11H,5-6,9-10,12H2,1-4H3,(H2,18,19,20);1H. The van der Waals surface area contributed by atoms with E-state index in [4.69, 9.17) is 0 Å². The molecule has 2 N–H and O–H groups in total. The Morgan fingerprint density at radius 3 is 2.56 bits per heavy atom. The number of nitrogens with one attached hydrogen (secondary N) is 2. The highest BCUT2D eigenvalue weighted by Crippen LogP contribution is 2.08. The van der Waals surface area contributed by atoms with Crippen LogP contribution in [0.25, 0.3) is 0 Å². The number of aliphatic imine (C=N–C) groups is 1. The number of benzene rings is 1. The van der Waals surface area contributed by atoms with E-state index in [0.29, 0.717) is 37.6 Å². The van der Waals surface area contributed by atoms with Crippen LogP contribution in [0.4, 0.5) is 4.39 Å². The molecule has 0 aliphatic carbocycles. The summed E-state index contributed by atoms with van der Waals surface area (Å²) in [5.74, 6) is 0.516. The lowest BCUT2D eigenvalue weighted by molar-refractivity contribution is 0.461. The molecule has 0 aliphatic rings. The first kappa shape index (κ1) is 24.1. The minimum Gasteiger partial charge on any atom is -0.356 e. The van der Waals surface area contributed by atoms with Crippen LogP contribution in [0.15, 0.2) is 23.2 Å². The van der Waals surface area contributed by atoms with Crippen LogP contribution in [-0.2, 0) is 16.6 Å². The molecule has 0 bridgehead atoms. The summed E-state index contributed by atoms with van der Waals surface area (Å²) in [7, 11) is 0.122. The fraction of sp³-hybridized carbons (Fsp3) is 0.562. The van der Waals surface area contributed by atoms with Crippen molar-refractivity contribution < 1.29 is 12.8 Å². The van der Waals surface area contributed by atoms with E-state index in [9.17, 15) is 12.8 Å². The lowest BCUT2D eigenvalue weighted by Gasteiger charge is -2.17. The molecule has 0 radical (unpaired) electrons. The van der Waals surface area contributed by atoms with Gasteiger partial charge in [0.2, 0.25) is 10.0 Å². The fourth-order valence-electron chi connectivity index (χ4n) is 2.09. The van der Waals surface area contributed by atoms with Gasteiger partial charge in [-0.25, -0.2) is 17.1 Å². The Morgan fingerprint density at radius 1 is 1.32 bits per heavy atom. The summed E-state index contributed by atoms with van der Waals surface area (Å²) >= 11 is 0. The van der Waals surface area contributed by atoms with Crippen LogP contribution in [0.2, 0.25) is 0 Å². The van der Waals surface area contributed by atoms with Gasteiger partial charge < -0.3 is 10.6 Å². The first-order valence-corrected chi connectivity index (χ1v) is 9.54. The van der Waals surface area contributed by atoms with Gasteiger partial charge in [0.15, 0.2) is 5.96 Å². The molecule has 144 valence electrons. The maximum absolute atomic E-state index is 13.2. The van der Waals surface area contributed by atoms with Gasteiger partial charge >= 0.3 is 0 Å². The first-order valence-electron chi connectivity index (χ1n) is 7.93. The van der Waals surface area contributed by atoms with Crippen LogP contribution in [0, 0.1) is 12.7 Å². The molecule has 0 aliphatic heterocycles. The molecular formula is C16H28FIN4O2S. The van der Waals surface area contributed by atoms with Crippen LogP contribution in [0.5, 0.6) is 0 Å². The minimum atomic E-state index is -3.13. The maximum Gasteiger partial charge on any atom is 0.213 e. The maximum atomic E-state index is 13.2. The van der Waals surface area contributed by atoms with Crippen molar-refractivity contribution >= 4 is 40.0 Å². The third kappa shape index (κ3) is 8.32. The van der Waals surface area contributed by atoms with Gasteiger partial charge in [-0.2, -0.15) is 0 Å². The average Bonchev–Trinajstić information content (AvgIpc) is 2.56. The van der Waals surface area contributed by atoms with Crippen LogP contribution in [-0.4, -0.2) is 51.6 Å². The summed E-state index contributed by atoms with van der Waals surface area (Å²) in [6.45, 7) is 4.95. The summed E-state index contributed by atoms with van der Waals surface area (Å²) in [6.07, 6.45) is 0.673. The van der Waals surface area contributed by atoms with Gasteiger partial charge in [-0.15, -0.1) is 24.0 Å². The van der Waals surface area contributed by atoms with Gasteiger partial charge in [0.05, 0.1) is 5.75 Å². The summed E-state index contributed by atoms with van der Waals surface area (Å²) in [5, 5.41) is 6.28. The molecule has 0 atom stereocenters. The minimum absolute atomic E-state index is 0. The molecule has 1 aromatic carbocycles. The van der Waals surface area contributed by atoms with E-state index in [2.05, 4.69) is 15.6 Å². The molecule has 6 nitrogen and oxygen atoms in total. The molecule has 0 unspecified atom stereocenters. The summed E-state index contributed by atoms with van der Waals surface area (Å²) in [4.78, 5) is 4.11. The van der Waals surface area contributed by atoms with Crippen molar-refractivity contribution in [2.45, 2.75) is 26.8 Å². The Balaban J connectivity index is 0.00000576. The molecule has 0 saturated heterocycles. The molecule has 0 saturated carbocycles. The highest BCUT2D eigenvalue weighted by atomic mass is 127. The van der Waals surface area contributed by atoms with E-state index in [1.807, 2.05) is 0 Å². The lowest BCUT2D eigenvalue weighted by atomic mass is 10.1. The number of nitrogens with zero attached hydrogens (tertiary/aromatic N) is 2. The van der Waals surface area contributed by atoms with Gasteiger partial charge in [-0.05, 0) is 37.5 Å². The third-order valence-corrected chi connectivity index (χ3v) is 5.55. The summed E-state index contributed by atoms with van der Waals surface area (Å²) in [5.41, 5.74) is 1.57. The van der Waals surface area contributed by atoms with Crippen molar-refractivity contribution in [3.05, 3.63) is 35.1 Å². The first-order chi connectivity index (χ1) is 11.3. The van der Waals surface area contributed by atoms with Gasteiger partial charge in [0.25, 0.3) is 0 Å². The summed E-state index contributed by atoms with van der Waals surface area (Å²) < 4.78 is 37.9. The molecular weight excluding hydrogens is 458 g/mol. The zero-order chi connectivity index (χ0) is 18.2. The molecule has 1 rings (SSSR count). The lowest BCUT2D eigenvalue weighted by Crippen LogP contribution is -2.38. The molecule has 0 amide bonds. The number of hydrogen-bond acceptors (Lipinski definition) is 3. The second kappa shape index (κ2) is 11.6. The van der Waals surface area contributed by atoms with Gasteiger partial charge in [0.1, 0.15) is 5.82 Å². The number of aryl methyl sites for hydroxylation is 1. The van der Waals surface area contributed by atoms with Gasteiger partial charge in [-0.1, -0.05) is 12.1 Å². The highest BCUT2D eigenvalue weighted by molar-refractivity contribution is 14.0. The van der Waals surface area contributed by atoms with Crippen molar-refractivity contribution in [3.63, 3.8) is 0 Å². The molecule has 0 spiro atoms. The number of guanidine groups is 1. The second-order valence-corrected chi connectivity index (χ2v) is 7.88. The van der Waals surface area contributed by atoms with Crippen molar-refractivity contribution in [1.82, 2.24) is 14.9 Å². The number of hydrogen-bond donors (Lipinski definition) is 2. The van der Waals surface area contributed by atoms with Crippen LogP contribution < -0.4 is 10.6 Å². The van der Waals surface area contributed by atoms with E-state index in [1.165, 1.54) is 10.4 Å². The molecule has 1 aromatic rings. The SMILES string of the molecule is CCS(=O)(=O)N(C)CCCNC(=NC)NCc1ccc(F)c(C)c1.I. The van der Waals surface area contributed by atoms with Crippen LogP contribution in [0.1, 0.15) is 24.5 Å². The van der Waals surface area contributed by atoms with E-state index < -0.39 is 10.0 Å². The van der Waals surface area contributed by atoms with E-state index in [1.54, 1.807) is 40.1 Å². The average molecular weight is 486 g/mol. The highest BCUT2D eigenvalue weighted by Gasteiger charge is 2.13. The Hall–Kier alpha value is -0.940. The van der Waals surface area contributed by atoms with Crippen LogP contribution in [0.3, 0.4) is 0 Å². The van der Waals surface area contributed by atoms with E-state index >= 15 is 0 Å². The topological polar surface area (TPSA) is 73.8 Å². The van der Waals surface area contributed by atoms with Crippen molar-refractivity contribution in [3.8, 4) is 0 Å². The molecule has 9 heteroatoms. The normalized spacial score (nSPS) is 12.0. The van der Waals surface area contributed by atoms with Crippen molar-refractivity contribution in [1.29, 1.82) is 0 Å². The van der Waals surface area contributed by atoms with Crippen molar-refractivity contribution in [2.24, 2.45) is 4.99 Å². The smallest absolute Gasteiger partial charge is 0.213 e. The largest absolute Gasteiger partial charge is 0.356 e. The zero-order valence-corrected chi connectivity index (χ0v) is 18.3. The molecule has 0 heterocycles. The van der Waals surface area contributed by atoms with Gasteiger partial charge in [-0.3, -0.25) is 4.99 Å². The third-order valence-electron chi connectivity index (χ3n) is 3.69. The Morgan fingerprint density at radius 2 is 2.00 bits per heavy atom. The van der Waals surface area contributed by atoms with E-state index in [0.717, 1.165) is 5.56 Å². The van der Waals surface area contributed by atoms with Crippen LogP contribution >= 0.6 is 24.0 Å². The second-order valence-electron chi connectivity index (χ2n) is 5.51. The zero-order valence-electron chi connectivity index (χ0n) is 15.2. The predicted molar refractivity (Wildman–Crippen MR) is 111 cm³/mol. The summed E-state index contributed by atoms with van der Waals surface area (Å²) in [6, 6.07) is 4.97. The van der Waals surface area contributed by atoms with Crippen molar-refractivity contribution in [2.75, 3.05) is 32.9 Å². The predicted octanol–water partition coefficient (Wildman–Crippen LogP) is 2.09. The fourth-order valence-corrected chi connectivity index (χ4v) is 2.94. The van der Waals surface area contributed by atoms with E-state index in [-0.39, 0.29) is 35.5 Å². The number of sulfonamides is 1. The quantitative estimate of drug-likeness (QED) is 0.256. The van der Waals surface area contributed by atoms with Gasteiger partial charge in [0, 0.05) is 33.7 Å². The number of rotatable bonds is 8. The Bertz CT molecular complexity index is 668. The Labute approximate surface area is 167 Å². The number of halogens is 2. The Kier molecular flexibility index (Phi) is 11.2. The molecule has 0 aromatic heterocycles. The monoisotopic (exact) mass is 486 g/mol. The molecule has 0 fully saturated rings.